The van der Waals surface area contributed by atoms with Crippen LogP contribution in [0.2, 0.25) is 5.02 Å². The maximum atomic E-state index is 12.4. The first-order valence-electron chi connectivity index (χ1n) is 6.45. The van der Waals surface area contributed by atoms with Crippen LogP contribution in [0.5, 0.6) is 0 Å². The Morgan fingerprint density at radius 2 is 2.21 bits per heavy atom. The molecule has 1 saturated heterocycles. The third kappa shape index (κ3) is 3.93. The van der Waals surface area contributed by atoms with Gasteiger partial charge in [-0.2, -0.15) is 0 Å². The van der Waals surface area contributed by atoms with E-state index in [0.717, 1.165) is 26.2 Å². The number of carbonyl (C=O) groups is 1. The van der Waals surface area contributed by atoms with Gasteiger partial charge in [-0.1, -0.05) is 11.6 Å². The van der Waals surface area contributed by atoms with Gasteiger partial charge in [0.25, 0.3) is 5.91 Å². The monoisotopic (exact) mass is 282 g/mol. The number of nitrogens with zero attached hydrogens (tertiary/aromatic N) is 1. The number of amides is 1. The highest BCUT2D eigenvalue weighted by Crippen LogP contribution is 2.13. The van der Waals surface area contributed by atoms with Crippen molar-refractivity contribution in [2.75, 3.05) is 39.9 Å². The van der Waals surface area contributed by atoms with E-state index in [1.54, 1.807) is 31.4 Å². The van der Waals surface area contributed by atoms with Gasteiger partial charge in [0.2, 0.25) is 0 Å². The fourth-order valence-corrected chi connectivity index (χ4v) is 2.42. The molecule has 4 nitrogen and oxygen atoms in total. The van der Waals surface area contributed by atoms with Crippen molar-refractivity contribution in [2.24, 2.45) is 5.92 Å². The van der Waals surface area contributed by atoms with Gasteiger partial charge < -0.3 is 15.0 Å². The number of ether oxygens (including phenoxy) is 1. The van der Waals surface area contributed by atoms with E-state index in [1.807, 2.05) is 4.90 Å². The number of hydrogen-bond donors (Lipinski definition) is 1. The fraction of sp³-hybridized carbons (Fsp3) is 0.500. The topological polar surface area (TPSA) is 41.6 Å². The van der Waals surface area contributed by atoms with Gasteiger partial charge in [0.1, 0.15) is 0 Å². The van der Waals surface area contributed by atoms with Crippen molar-refractivity contribution in [2.45, 2.75) is 0 Å². The second-order valence-electron chi connectivity index (χ2n) is 4.78. The standard InChI is InChI=1S/C14H19ClN2O2/c1-19-10-11-8-16-6-7-17(9-11)14(18)12-2-4-13(15)5-3-12/h2-5,11,16H,6-10H2,1H3/t11-/m0/s1. The number of nitrogens with one attached hydrogen (secondary N) is 1. The second kappa shape index (κ2) is 6.89. The van der Waals surface area contributed by atoms with Crippen molar-refractivity contribution >= 4 is 17.5 Å². The summed E-state index contributed by atoms with van der Waals surface area (Å²) in [4.78, 5) is 14.3. The second-order valence-corrected chi connectivity index (χ2v) is 5.22. The normalized spacial score (nSPS) is 20.1. The lowest BCUT2D eigenvalue weighted by Crippen LogP contribution is -2.36. The minimum Gasteiger partial charge on any atom is -0.384 e. The minimum absolute atomic E-state index is 0.0569. The molecule has 0 unspecified atom stereocenters. The van der Waals surface area contributed by atoms with Gasteiger partial charge in [0.05, 0.1) is 6.61 Å². The third-order valence-corrected chi connectivity index (χ3v) is 3.50. The zero-order valence-electron chi connectivity index (χ0n) is 11.1. The van der Waals surface area contributed by atoms with Crippen LogP contribution in [-0.2, 0) is 4.74 Å². The van der Waals surface area contributed by atoms with E-state index in [-0.39, 0.29) is 5.91 Å². The molecule has 0 aromatic heterocycles. The maximum absolute atomic E-state index is 12.4. The van der Waals surface area contributed by atoms with E-state index in [0.29, 0.717) is 23.1 Å². The zero-order chi connectivity index (χ0) is 13.7. The van der Waals surface area contributed by atoms with Crippen molar-refractivity contribution < 1.29 is 9.53 Å². The summed E-state index contributed by atoms with van der Waals surface area (Å²) in [6.07, 6.45) is 0. The molecule has 1 N–H and O–H groups in total. The molecule has 5 heteroatoms. The predicted octanol–water partition coefficient (Wildman–Crippen LogP) is 1.65. The van der Waals surface area contributed by atoms with Crippen LogP contribution >= 0.6 is 11.6 Å². The molecule has 1 aliphatic rings. The first-order valence-corrected chi connectivity index (χ1v) is 6.83. The van der Waals surface area contributed by atoms with Gasteiger partial charge in [0.15, 0.2) is 0 Å². The largest absolute Gasteiger partial charge is 0.384 e. The van der Waals surface area contributed by atoms with Crippen LogP contribution in [0.4, 0.5) is 0 Å². The Morgan fingerprint density at radius 3 is 2.89 bits per heavy atom. The molecule has 1 aromatic carbocycles. The lowest BCUT2D eigenvalue weighted by molar-refractivity contribution is 0.0708. The average molecular weight is 283 g/mol. The smallest absolute Gasteiger partial charge is 0.253 e. The fourth-order valence-electron chi connectivity index (χ4n) is 2.29. The zero-order valence-corrected chi connectivity index (χ0v) is 11.8. The number of hydrogen-bond acceptors (Lipinski definition) is 3. The summed E-state index contributed by atoms with van der Waals surface area (Å²) < 4.78 is 5.19. The molecule has 0 bridgehead atoms. The van der Waals surface area contributed by atoms with Gasteiger partial charge in [0, 0.05) is 49.8 Å². The van der Waals surface area contributed by atoms with Crippen LogP contribution in [0.25, 0.3) is 0 Å². The number of rotatable bonds is 3. The molecule has 2 rings (SSSR count). The Hall–Kier alpha value is -1.10. The van der Waals surface area contributed by atoms with E-state index in [2.05, 4.69) is 5.32 Å². The van der Waals surface area contributed by atoms with Gasteiger partial charge >= 0.3 is 0 Å². The van der Waals surface area contributed by atoms with Crippen LogP contribution in [0.3, 0.4) is 0 Å². The van der Waals surface area contributed by atoms with Crippen LogP contribution in [0.15, 0.2) is 24.3 Å². The summed E-state index contributed by atoms with van der Waals surface area (Å²) in [5.41, 5.74) is 0.683. The maximum Gasteiger partial charge on any atom is 0.253 e. The molecule has 1 aromatic rings. The van der Waals surface area contributed by atoms with Crippen LogP contribution in [0, 0.1) is 5.92 Å². The molecule has 1 atom stereocenters. The highest BCUT2D eigenvalue weighted by Gasteiger charge is 2.22. The van der Waals surface area contributed by atoms with Gasteiger partial charge in [-0.15, -0.1) is 0 Å². The van der Waals surface area contributed by atoms with Gasteiger partial charge in [-0.05, 0) is 24.3 Å². The van der Waals surface area contributed by atoms with Crippen molar-refractivity contribution in [3.05, 3.63) is 34.9 Å². The number of benzene rings is 1. The summed E-state index contributed by atoms with van der Waals surface area (Å²) in [7, 11) is 1.69. The minimum atomic E-state index is 0.0569. The molecule has 0 spiro atoms. The Kier molecular flexibility index (Phi) is 5.19. The Bertz CT molecular complexity index is 422. The Labute approximate surface area is 118 Å². The molecular weight excluding hydrogens is 264 g/mol. The van der Waals surface area contributed by atoms with E-state index in [9.17, 15) is 4.79 Å². The summed E-state index contributed by atoms with van der Waals surface area (Å²) in [6, 6.07) is 7.04. The molecule has 19 heavy (non-hydrogen) atoms. The molecule has 104 valence electrons. The van der Waals surface area contributed by atoms with Gasteiger partial charge in [-0.3, -0.25) is 4.79 Å². The van der Waals surface area contributed by atoms with Gasteiger partial charge in [-0.25, -0.2) is 0 Å². The lowest BCUT2D eigenvalue weighted by Gasteiger charge is -2.23. The Balaban J connectivity index is 2.06. The lowest BCUT2D eigenvalue weighted by atomic mass is 10.1. The van der Waals surface area contributed by atoms with E-state index in [4.69, 9.17) is 16.3 Å². The van der Waals surface area contributed by atoms with Crippen LogP contribution in [0.1, 0.15) is 10.4 Å². The first kappa shape index (κ1) is 14.3. The number of halogens is 1. The highest BCUT2D eigenvalue weighted by atomic mass is 35.5. The summed E-state index contributed by atoms with van der Waals surface area (Å²) >= 11 is 5.84. The van der Waals surface area contributed by atoms with E-state index in [1.165, 1.54) is 0 Å². The first-order chi connectivity index (χ1) is 9.20. The van der Waals surface area contributed by atoms with Crippen LogP contribution < -0.4 is 5.32 Å². The molecule has 0 aliphatic carbocycles. The SMILES string of the molecule is COC[C@H]1CNCCN(C(=O)c2ccc(Cl)cc2)C1. The summed E-state index contributed by atoms with van der Waals surface area (Å²) in [5.74, 6) is 0.394. The number of methoxy groups -OCH3 is 1. The van der Waals surface area contributed by atoms with E-state index < -0.39 is 0 Å². The molecule has 0 radical (unpaired) electrons. The summed E-state index contributed by atoms with van der Waals surface area (Å²) in [6.45, 7) is 3.82. The average Bonchev–Trinajstić information content (AvgIpc) is 2.65. The van der Waals surface area contributed by atoms with Crippen molar-refractivity contribution in [1.29, 1.82) is 0 Å². The van der Waals surface area contributed by atoms with Crippen LogP contribution in [-0.4, -0.2) is 50.7 Å². The predicted molar refractivity (Wildman–Crippen MR) is 75.6 cm³/mol. The van der Waals surface area contributed by atoms with Crippen molar-refractivity contribution in [3.8, 4) is 0 Å². The van der Waals surface area contributed by atoms with Crippen molar-refractivity contribution in [1.82, 2.24) is 10.2 Å². The molecule has 1 heterocycles. The Morgan fingerprint density at radius 1 is 1.47 bits per heavy atom. The quantitative estimate of drug-likeness (QED) is 0.917. The third-order valence-electron chi connectivity index (χ3n) is 3.25. The molecular formula is C14H19ClN2O2. The molecule has 1 amide bonds. The molecule has 1 fully saturated rings. The highest BCUT2D eigenvalue weighted by molar-refractivity contribution is 6.30. The molecule has 1 aliphatic heterocycles. The molecule has 0 saturated carbocycles. The summed E-state index contributed by atoms with van der Waals surface area (Å²) in [5, 5.41) is 3.98. The number of carbonyl (C=O) groups excluding carboxylic acids is 1. The van der Waals surface area contributed by atoms with E-state index >= 15 is 0 Å². The van der Waals surface area contributed by atoms with Crippen molar-refractivity contribution in [3.63, 3.8) is 0 Å².